The molecule has 1 aliphatic rings. The number of carbonyl (C=O) groups is 3. The normalized spacial score (nSPS) is 17.2. The number of carbonyl (C=O) groups excluding carboxylic acids is 3. The monoisotopic (exact) mass is 581 g/mol. The van der Waals surface area contributed by atoms with Crippen LogP contribution in [0.15, 0.2) is 85.2 Å². The highest BCUT2D eigenvalue weighted by Gasteiger charge is 2.35. The summed E-state index contributed by atoms with van der Waals surface area (Å²) >= 11 is 0. The highest BCUT2D eigenvalue weighted by molar-refractivity contribution is 6.07. The van der Waals surface area contributed by atoms with Crippen molar-refractivity contribution in [1.82, 2.24) is 14.8 Å². The number of anilines is 2. The molecule has 3 N–H and O–H groups in total. The van der Waals surface area contributed by atoms with E-state index < -0.39 is 12.1 Å². The number of aliphatic hydroxyl groups excluding tert-OH is 1. The fourth-order valence-electron chi connectivity index (χ4n) is 5.16. The largest absolute Gasteiger partial charge is 0.485 e. The molecule has 0 aliphatic carbocycles. The van der Waals surface area contributed by atoms with Crippen LogP contribution in [0.5, 0.6) is 5.75 Å². The lowest BCUT2D eigenvalue weighted by Crippen LogP contribution is -2.50. The maximum atomic E-state index is 13.7. The average molecular weight is 582 g/mol. The first-order valence-corrected chi connectivity index (χ1v) is 14.2. The predicted molar refractivity (Wildman–Crippen MR) is 165 cm³/mol. The molecule has 0 fully saturated rings. The average Bonchev–Trinajstić information content (AvgIpc) is 3.03. The first-order valence-electron chi connectivity index (χ1n) is 14.2. The molecule has 0 spiro atoms. The summed E-state index contributed by atoms with van der Waals surface area (Å²) in [5, 5.41) is 17.8. The minimum Gasteiger partial charge on any atom is -0.485 e. The Bertz CT molecular complexity index is 1620. The van der Waals surface area contributed by atoms with Gasteiger partial charge >= 0.3 is 6.03 Å². The van der Waals surface area contributed by atoms with Gasteiger partial charge in [-0.3, -0.25) is 14.6 Å². The van der Waals surface area contributed by atoms with Crippen LogP contribution in [0, 0.1) is 5.92 Å². The van der Waals surface area contributed by atoms with Crippen molar-refractivity contribution in [3.05, 3.63) is 96.3 Å². The topological polar surface area (TPSA) is 124 Å². The number of amides is 4. The number of aromatic nitrogens is 1. The zero-order valence-corrected chi connectivity index (χ0v) is 24.4. The molecule has 4 amide bonds. The zero-order valence-electron chi connectivity index (χ0n) is 24.4. The quantitative estimate of drug-likeness (QED) is 0.286. The van der Waals surface area contributed by atoms with Gasteiger partial charge in [-0.1, -0.05) is 49.4 Å². The van der Waals surface area contributed by atoms with Gasteiger partial charge in [0.1, 0.15) is 6.10 Å². The lowest BCUT2D eigenvalue weighted by Gasteiger charge is -2.38. The van der Waals surface area contributed by atoms with Gasteiger partial charge in [0.15, 0.2) is 5.75 Å². The number of fused-ring (bicyclic) bond motifs is 2. The van der Waals surface area contributed by atoms with Crippen LogP contribution >= 0.6 is 0 Å². The molecule has 0 radical (unpaired) electrons. The van der Waals surface area contributed by atoms with E-state index in [1.54, 1.807) is 54.1 Å². The van der Waals surface area contributed by atoms with E-state index in [1.807, 2.05) is 49.4 Å². The molecule has 0 bridgehead atoms. The lowest BCUT2D eigenvalue weighted by atomic mass is 9.99. The number of nitrogens with zero attached hydrogens (tertiary/aromatic N) is 3. The number of hydrogen-bond donors (Lipinski definition) is 3. The Morgan fingerprint density at radius 2 is 1.72 bits per heavy atom. The second-order valence-corrected chi connectivity index (χ2v) is 10.8. The van der Waals surface area contributed by atoms with Crippen LogP contribution in [0.1, 0.15) is 34.6 Å². The van der Waals surface area contributed by atoms with Crippen LogP contribution < -0.4 is 15.4 Å². The van der Waals surface area contributed by atoms with Crippen molar-refractivity contribution >= 4 is 40.0 Å². The fourth-order valence-corrected chi connectivity index (χ4v) is 5.16. The van der Waals surface area contributed by atoms with Gasteiger partial charge in [-0.2, -0.15) is 0 Å². The van der Waals surface area contributed by atoms with E-state index in [0.29, 0.717) is 23.5 Å². The summed E-state index contributed by atoms with van der Waals surface area (Å²) < 4.78 is 6.53. The Morgan fingerprint density at radius 1 is 1.02 bits per heavy atom. The Balaban J connectivity index is 1.44. The van der Waals surface area contributed by atoms with Gasteiger partial charge in [-0.05, 0) is 42.6 Å². The molecule has 0 unspecified atom stereocenters. The molecule has 43 heavy (non-hydrogen) atoms. The minimum atomic E-state index is -0.553. The van der Waals surface area contributed by atoms with Crippen molar-refractivity contribution in [3.8, 4) is 5.75 Å². The third kappa shape index (κ3) is 6.44. The second-order valence-electron chi connectivity index (χ2n) is 10.8. The van der Waals surface area contributed by atoms with Crippen LogP contribution in [0.25, 0.3) is 10.8 Å². The predicted octanol–water partition coefficient (Wildman–Crippen LogP) is 4.87. The number of urea groups is 1. The molecule has 0 saturated carbocycles. The first kappa shape index (κ1) is 29.5. The van der Waals surface area contributed by atoms with Crippen molar-refractivity contribution in [1.29, 1.82) is 0 Å². The van der Waals surface area contributed by atoms with E-state index in [4.69, 9.17) is 4.74 Å². The number of para-hydroxylation sites is 1. The maximum Gasteiger partial charge on any atom is 0.321 e. The number of ether oxygens (including phenoxy) is 1. The van der Waals surface area contributed by atoms with Gasteiger partial charge in [0.25, 0.3) is 11.8 Å². The summed E-state index contributed by atoms with van der Waals surface area (Å²) in [4.78, 5) is 47.3. The first-order chi connectivity index (χ1) is 20.8. The SMILES string of the molecule is C[C@H](CO)N1C[C@H](C)[C@@H](CN(C)C(=O)Nc2cccc3ccccc23)Oc2c(NC(=O)c3ccncc3)cccc2C1=O. The number of rotatable bonds is 7. The molecule has 3 atom stereocenters. The van der Waals surface area contributed by atoms with Gasteiger partial charge in [0.05, 0.1) is 36.1 Å². The van der Waals surface area contributed by atoms with Crippen LogP contribution in [0.2, 0.25) is 0 Å². The summed E-state index contributed by atoms with van der Waals surface area (Å²) in [5.41, 5.74) is 1.68. The Hall–Kier alpha value is -4.96. The molecule has 10 heteroatoms. The summed E-state index contributed by atoms with van der Waals surface area (Å²) in [7, 11) is 1.69. The van der Waals surface area contributed by atoms with Crippen molar-refractivity contribution in [3.63, 3.8) is 0 Å². The Kier molecular flexibility index (Phi) is 8.87. The number of benzene rings is 3. The van der Waals surface area contributed by atoms with Crippen molar-refractivity contribution in [2.75, 3.05) is 37.4 Å². The van der Waals surface area contributed by atoms with Gasteiger partial charge in [0.2, 0.25) is 0 Å². The van der Waals surface area contributed by atoms with E-state index in [1.165, 1.54) is 12.4 Å². The fraction of sp³-hybridized carbons (Fsp3) is 0.273. The third-order valence-electron chi connectivity index (χ3n) is 7.71. The minimum absolute atomic E-state index is 0.194. The third-order valence-corrected chi connectivity index (χ3v) is 7.71. The highest BCUT2D eigenvalue weighted by Crippen LogP contribution is 2.35. The van der Waals surface area contributed by atoms with Crippen molar-refractivity contribution in [2.45, 2.75) is 26.0 Å². The maximum absolute atomic E-state index is 13.7. The summed E-state index contributed by atoms with van der Waals surface area (Å²) in [6, 6.07) is 21.0. The summed E-state index contributed by atoms with van der Waals surface area (Å²) in [6.45, 7) is 4.00. The van der Waals surface area contributed by atoms with Gasteiger partial charge in [-0.15, -0.1) is 0 Å². The van der Waals surface area contributed by atoms with Crippen LogP contribution in [-0.2, 0) is 0 Å². The van der Waals surface area contributed by atoms with Gasteiger partial charge in [0, 0.05) is 42.9 Å². The van der Waals surface area contributed by atoms with Crippen LogP contribution in [-0.4, -0.2) is 76.6 Å². The number of hydrogen-bond acceptors (Lipinski definition) is 6. The lowest BCUT2D eigenvalue weighted by molar-refractivity contribution is 0.0372. The Labute approximate surface area is 250 Å². The van der Waals surface area contributed by atoms with E-state index in [9.17, 15) is 19.5 Å². The van der Waals surface area contributed by atoms with E-state index in [2.05, 4.69) is 15.6 Å². The molecule has 5 rings (SSSR count). The number of pyridine rings is 1. The molecular formula is C33H35N5O5. The molecule has 10 nitrogen and oxygen atoms in total. The second kappa shape index (κ2) is 12.9. The number of nitrogens with one attached hydrogen (secondary N) is 2. The zero-order chi connectivity index (χ0) is 30.5. The molecule has 2 heterocycles. The number of aliphatic hydroxyl groups is 1. The van der Waals surface area contributed by atoms with Gasteiger partial charge < -0.3 is 30.3 Å². The Morgan fingerprint density at radius 3 is 2.49 bits per heavy atom. The molecule has 4 aromatic rings. The molecular weight excluding hydrogens is 546 g/mol. The smallest absolute Gasteiger partial charge is 0.321 e. The van der Waals surface area contributed by atoms with E-state index in [0.717, 1.165) is 10.8 Å². The van der Waals surface area contributed by atoms with Crippen molar-refractivity contribution in [2.24, 2.45) is 5.92 Å². The number of likely N-dealkylation sites (N-methyl/N-ethyl adjacent to an activating group) is 1. The summed E-state index contributed by atoms with van der Waals surface area (Å²) in [5.74, 6) is -0.720. The highest BCUT2D eigenvalue weighted by atomic mass is 16.5. The molecule has 222 valence electrons. The van der Waals surface area contributed by atoms with Crippen LogP contribution in [0.3, 0.4) is 0 Å². The standard InChI is InChI=1S/C33H35N5O5/c1-21-18-38(22(2)20-39)32(41)26-11-7-13-28(35-31(40)24-14-16-34-17-15-24)30(26)43-29(21)19-37(3)33(42)36-27-12-6-9-23-8-4-5-10-25(23)27/h4-17,21-22,29,39H,18-20H2,1-3H3,(H,35,40)(H,36,42)/t21-,22+,29+/m0/s1. The van der Waals surface area contributed by atoms with Crippen LogP contribution in [0.4, 0.5) is 16.2 Å². The molecule has 0 saturated heterocycles. The van der Waals surface area contributed by atoms with E-state index >= 15 is 0 Å². The molecule has 3 aromatic carbocycles. The van der Waals surface area contributed by atoms with Gasteiger partial charge in [-0.25, -0.2) is 4.79 Å². The van der Waals surface area contributed by atoms with Crippen molar-refractivity contribution < 1.29 is 24.2 Å². The van der Waals surface area contributed by atoms with E-state index in [-0.39, 0.29) is 48.2 Å². The molecule has 1 aromatic heterocycles. The molecule has 1 aliphatic heterocycles. The summed E-state index contributed by atoms with van der Waals surface area (Å²) in [6.07, 6.45) is 2.49.